The largest absolute Gasteiger partial charge is 0.484 e. The minimum absolute atomic E-state index is 0.00556. The molecule has 3 heterocycles. The first-order chi connectivity index (χ1) is 57.5. The molecule has 5 rings (SSSR count). The SMILES string of the molecule is C=CC(=O)Nc1cc(Cl)cc(NC(=O)c2cnn(-c3ccc(OCC(=O)N4CCN(C(=O)CCC[C@@H](C)[C@@H](O)[C@H]5C(=O)N[C@@H](CC)C(=O)N(C)CC(=O)N(C)[C@@H](CC(C)C)C(=O)N[C@@H](C(C)C)C(=O)N(C)[C@@H](CC(C)C)C(=O)N[C@@H](C)C(=O)N[C@H](C)C(=O)N(C)[C@@H](CC(C)C)C(=O)N(C)[C@@H](CC(C)C)C(=O)N(C)[C@@H](C(C)C)C(=O)N5C)CC4)cc3)c2C)c1. The number of likely N-dealkylation sites (N-methyl/N-ethyl adjacent to an activating group) is 7. The molecule has 2 saturated heterocycles. The Bertz CT molecular complexity index is 4240. The number of amides is 15. The van der Waals surface area contributed by atoms with Gasteiger partial charge in [-0.1, -0.05) is 115 Å². The molecule has 2 aliphatic rings. The lowest BCUT2D eigenvalue weighted by atomic mass is 9.90. The number of anilines is 2. The van der Waals surface area contributed by atoms with Gasteiger partial charge in [0.25, 0.3) is 11.8 Å². The van der Waals surface area contributed by atoms with E-state index >= 15 is 19.2 Å². The zero-order chi connectivity index (χ0) is 92.8. The number of hydrogen-bond donors (Lipinski definition) is 7. The molecule has 1 aromatic heterocycles. The third kappa shape index (κ3) is 28.3. The maximum Gasteiger partial charge on any atom is 0.260 e. The molecule has 682 valence electrons. The van der Waals surface area contributed by atoms with E-state index in [4.69, 9.17) is 16.3 Å². The highest BCUT2D eigenvalue weighted by atomic mass is 35.5. The molecule has 2 fully saturated rings. The number of benzene rings is 2. The van der Waals surface area contributed by atoms with Gasteiger partial charge >= 0.3 is 0 Å². The van der Waals surface area contributed by atoms with Crippen molar-refractivity contribution in [2.45, 2.75) is 236 Å². The van der Waals surface area contributed by atoms with Gasteiger partial charge in [0.15, 0.2) is 6.61 Å². The summed E-state index contributed by atoms with van der Waals surface area (Å²) >= 11 is 6.26. The summed E-state index contributed by atoms with van der Waals surface area (Å²) in [6.07, 6.45) is 1.48. The summed E-state index contributed by atoms with van der Waals surface area (Å²) < 4.78 is 7.46. The second-order valence-corrected chi connectivity index (χ2v) is 35.6. The molecule has 123 heavy (non-hydrogen) atoms. The van der Waals surface area contributed by atoms with Crippen LogP contribution < -0.4 is 36.6 Å². The summed E-state index contributed by atoms with van der Waals surface area (Å²) in [4.78, 5) is 228. The average Bonchev–Trinajstić information content (AvgIpc) is 0.975. The maximum atomic E-state index is 15.6. The Hall–Kier alpha value is -10.5. The fourth-order valence-corrected chi connectivity index (χ4v) is 15.5. The predicted octanol–water partition coefficient (Wildman–Crippen LogP) is 5.75. The van der Waals surface area contributed by atoms with Gasteiger partial charge in [-0.25, -0.2) is 4.68 Å². The van der Waals surface area contributed by atoms with E-state index in [1.807, 2.05) is 55.4 Å². The topological polar surface area (TPSA) is 405 Å². The van der Waals surface area contributed by atoms with Crippen LogP contribution in [0, 0.1) is 48.3 Å². The number of aliphatic hydroxyl groups excluding tert-OH is 1. The molecule has 0 aliphatic carbocycles. The van der Waals surface area contributed by atoms with Crippen molar-refractivity contribution >= 4 is 112 Å². The van der Waals surface area contributed by atoms with Crippen LogP contribution in [-0.4, -0.2) is 303 Å². The van der Waals surface area contributed by atoms with E-state index in [2.05, 4.69) is 43.6 Å². The van der Waals surface area contributed by atoms with E-state index in [0.29, 0.717) is 28.5 Å². The highest BCUT2D eigenvalue weighted by Crippen LogP contribution is 2.29. The van der Waals surface area contributed by atoms with Crippen LogP contribution in [0.2, 0.25) is 5.02 Å². The Morgan fingerprint density at radius 3 is 1.56 bits per heavy atom. The Morgan fingerprint density at radius 2 is 1.04 bits per heavy atom. The van der Waals surface area contributed by atoms with Crippen LogP contribution >= 0.6 is 11.6 Å². The normalized spacial score (nSPS) is 22.7. The van der Waals surface area contributed by atoms with Gasteiger partial charge in [-0.15, -0.1) is 0 Å². The summed E-state index contributed by atoms with van der Waals surface area (Å²) in [6.45, 7) is 32.7. The Labute approximate surface area is 730 Å². The second kappa shape index (κ2) is 46.8. The van der Waals surface area contributed by atoms with Gasteiger partial charge in [-0.05, 0) is 156 Å². The van der Waals surface area contributed by atoms with Crippen LogP contribution in [-0.2, 0) is 67.1 Å². The van der Waals surface area contributed by atoms with Crippen LogP contribution in [0.4, 0.5) is 11.4 Å². The molecule has 0 spiro atoms. The number of carbonyl (C=O) groups is 15. The quantitative estimate of drug-likeness (QED) is 0.0497. The van der Waals surface area contributed by atoms with Gasteiger partial charge in [0.1, 0.15) is 66.2 Å². The van der Waals surface area contributed by atoms with Gasteiger partial charge in [0, 0.05) is 98.3 Å². The lowest BCUT2D eigenvalue weighted by Gasteiger charge is -2.41. The van der Waals surface area contributed by atoms with Crippen molar-refractivity contribution < 1.29 is 81.8 Å². The molecule has 12 atom stereocenters. The van der Waals surface area contributed by atoms with Crippen molar-refractivity contribution in [2.75, 3.05) is 99.3 Å². The molecule has 7 N–H and O–H groups in total. The fraction of sp³-hybridized carbons (Fsp3) is 0.636. The lowest BCUT2D eigenvalue weighted by molar-refractivity contribution is -0.157. The molecule has 35 heteroatoms. The molecular formula is C88H136ClN17O17. The van der Waals surface area contributed by atoms with Crippen LogP contribution in [0.5, 0.6) is 5.75 Å². The van der Waals surface area contributed by atoms with E-state index < -0.39 is 168 Å². The van der Waals surface area contributed by atoms with Gasteiger partial charge in [-0.2, -0.15) is 5.10 Å². The van der Waals surface area contributed by atoms with Gasteiger partial charge in [0.05, 0.1) is 35.8 Å². The number of aromatic nitrogens is 2. The summed E-state index contributed by atoms with van der Waals surface area (Å²) in [5.74, 6) is -12.0. The number of carbonyl (C=O) groups excluding carboxylic acids is 15. The Morgan fingerprint density at radius 1 is 0.561 bits per heavy atom. The number of piperazine rings is 1. The van der Waals surface area contributed by atoms with Crippen molar-refractivity contribution in [3.05, 3.63) is 77.6 Å². The van der Waals surface area contributed by atoms with Crippen LogP contribution in [0.1, 0.15) is 178 Å². The number of nitrogens with zero attached hydrogens (tertiary/aromatic N) is 11. The third-order valence-corrected chi connectivity index (χ3v) is 22.9. The maximum absolute atomic E-state index is 15.6. The monoisotopic (exact) mass is 1740 g/mol. The first kappa shape index (κ1) is 103. The molecule has 0 saturated carbocycles. The molecule has 0 radical (unpaired) electrons. The molecule has 2 aliphatic heterocycles. The predicted molar refractivity (Wildman–Crippen MR) is 468 cm³/mol. The molecule has 15 amide bonds. The second-order valence-electron chi connectivity index (χ2n) is 35.2. The first-order valence-electron chi connectivity index (χ1n) is 42.6. The highest BCUT2D eigenvalue weighted by molar-refractivity contribution is 6.31. The minimum Gasteiger partial charge on any atom is -0.484 e. The molecule has 34 nitrogen and oxygen atoms in total. The number of nitrogens with one attached hydrogen (secondary N) is 6. The summed E-state index contributed by atoms with van der Waals surface area (Å²) in [6, 6.07) is -1.79. The summed E-state index contributed by atoms with van der Waals surface area (Å²) in [7, 11) is 9.70. The van der Waals surface area contributed by atoms with E-state index in [0.717, 1.165) is 15.9 Å². The molecule has 0 bridgehead atoms. The average molecular weight is 1740 g/mol. The van der Waals surface area contributed by atoms with Gasteiger partial charge in [0.2, 0.25) is 76.8 Å². The number of hydrogen-bond acceptors (Lipinski definition) is 18. The standard InChI is InChI=1S/C88H136ClN17O17/c1-26-65-84(118)97(19)47-72(109)98(20)66(39-49(3)4)81(115)96-74(53(11)12)87(121)99(21)67(40-50(5)6)80(114)91-56(16)78(112)92-57(17)83(117)100(22)68(41-51(7)8)85(119)101(23)69(42-52(9)10)86(120)102(24)75(54(13)14)88(122)103(25)76(82(116)95-65)77(111)55(15)29-28-30-71(108)104-35-37-105(38-36-104)73(110)48-123-63-33-31-62(32-34-63)106-58(18)64(46-90-106)79(113)94-61-44-59(89)43-60(45-61)93-70(107)27-2/h27,31-34,43-46,49-57,65-69,74-77,111H,2,26,28-30,35-42,47-48H2,1,3-25H3,(H,91,114)(H,92,112)(H,93,107)(H,94,113)(H,95,116)(H,96,115)/t55-,56+,57-,65+,66+,67+,68+,69+,74+,75+,76+,77-/m1/s1. The van der Waals surface area contributed by atoms with E-state index in [9.17, 15) is 57.8 Å². The fourth-order valence-electron chi connectivity index (χ4n) is 15.2. The molecule has 0 unspecified atom stereocenters. The number of halogens is 1. The number of ether oxygens (including phenoxy) is 1. The smallest absolute Gasteiger partial charge is 0.260 e. The zero-order valence-electron chi connectivity index (χ0n) is 76.5. The molecular weight excluding hydrogens is 1600 g/mol. The van der Waals surface area contributed by atoms with Crippen LogP contribution in [0.3, 0.4) is 0 Å². The van der Waals surface area contributed by atoms with Gasteiger partial charge in [-0.3, -0.25) is 71.9 Å². The Kier molecular flexibility index (Phi) is 39.2. The highest BCUT2D eigenvalue weighted by Gasteiger charge is 2.46. The van der Waals surface area contributed by atoms with E-state index in [-0.39, 0.29) is 130 Å². The van der Waals surface area contributed by atoms with Crippen molar-refractivity contribution in [3.8, 4) is 11.4 Å². The minimum atomic E-state index is -1.79. The van der Waals surface area contributed by atoms with Crippen molar-refractivity contribution in [3.63, 3.8) is 0 Å². The summed E-state index contributed by atoms with van der Waals surface area (Å²) in [5.41, 5.74) is 2.08. The van der Waals surface area contributed by atoms with Crippen molar-refractivity contribution in [1.29, 1.82) is 0 Å². The zero-order valence-corrected chi connectivity index (χ0v) is 77.2. The van der Waals surface area contributed by atoms with Crippen LogP contribution in [0.15, 0.2) is 61.3 Å². The van der Waals surface area contributed by atoms with Crippen LogP contribution in [0.25, 0.3) is 5.69 Å². The first-order valence-corrected chi connectivity index (χ1v) is 43.0. The molecule has 2 aromatic carbocycles. The third-order valence-electron chi connectivity index (χ3n) is 22.7. The van der Waals surface area contributed by atoms with Crippen molar-refractivity contribution in [2.24, 2.45) is 41.4 Å². The lowest BCUT2D eigenvalue weighted by Crippen LogP contribution is -2.63. The van der Waals surface area contributed by atoms with E-state index in [1.165, 1.54) is 106 Å². The number of aliphatic hydroxyl groups is 1. The van der Waals surface area contributed by atoms with Crippen molar-refractivity contribution in [1.82, 2.24) is 75.1 Å². The summed E-state index contributed by atoms with van der Waals surface area (Å²) in [5, 5.41) is 33.8. The Balaban J connectivity index is 1.42. The van der Waals surface area contributed by atoms with Gasteiger partial charge < -0.3 is 85.8 Å². The number of rotatable bonds is 25. The van der Waals surface area contributed by atoms with E-state index in [1.54, 1.807) is 93.3 Å². The molecule has 3 aromatic rings.